The lowest BCUT2D eigenvalue weighted by atomic mass is 10.2. The third-order valence-electron chi connectivity index (χ3n) is 7.02. The van der Waals surface area contributed by atoms with Gasteiger partial charge in [-0.1, -0.05) is 42.5 Å². The molecule has 0 aliphatic heterocycles. The predicted molar refractivity (Wildman–Crippen MR) is 169 cm³/mol. The smallest absolute Gasteiger partial charge is 0.282 e. The number of carbonyl (C=O) groups is 1. The lowest BCUT2D eigenvalue weighted by Crippen LogP contribution is -2.21. The number of carbonyl (C=O) groups excluding carboxylic acids is 1. The molecule has 44 heavy (non-hydrogen) atoms. The SMILES string of the molecule is COc1cccc(C=Nn2c(-c3cc4c(OC)cccc4o3)nc3ccccc3c2=O)c1OCC(=O)Nc1ccccc1C. The molecule has 0 bridgehead atoms. The summed E-state index contributed by atoms with van der Waals surface area (Å²) >= 11 is 0. The van der Waals surface area contributed by atoms with Crippen LogP contribution in [0.2, 0.25) is 0 Å². The summed E-state index contributed by atoms with van der Waals surface area (Å²) < 4.78 is 24.2. The van der Waals surface area contributed by atoms with Gasteiger partial charge in [0.15, 0.2) is 23.9 Å². The molecule has 10 heteroatoms. The maximum Gasteiger partial charge on any atom is 0.282 e. The van der Waals surface area contributed by atoms with E-state index in [9.17, 15) is 9.59 Å². The lowest BCUT2D eigenvalue weighted by molar-refractivity contribution is -0.118. The summed E-state index contributed by atoms with van der Waals surface area (Å²) in [5.74, 6) is 1.50. The fourth-order valence-electron chi connectivity index (χ4n) is 4.82. The zero-order valence-electron chi connectivity index (χ0n) is 24.2. The summed E-state index contributed by atoms with van der Waals surface area (Å²) in [6.45, 7) is 1.63. The summed E-state index contributed by atoms with van der Waals surface area (Å²) in [5, 5.41) is 8.52. The van der Waals surface area contributed by atoms with E-state index in [1.54, 1.807) is 49.6 Å². The van der Waals surface area contributed by atoms with Crippen LogP contribution in [0.4, 0.5) is 5.69 Å². The van der Waals surface area contributed by atoms with Gasteiger partial charge in [0, 0.05) is 11.3 Å². The average Bonchev–Trinajstić information content (AvgIpc) is 3.49. The minimum Gasteiger partial charge on any atom is -0.496 e. The predicted octanol–water partition coefficient (Wildman–Crippen LogP) is 6.04. The monoisotopic (exact) mass is 588 g/mol. The molecule has 220 valence electrons. The molecule has 0 aliphatic rings. The number of anilines is 1. The number of ether oxygens (including phenoxy) is 3. The second kappa shape index (κ2) is 12.1. The van der Waals surface area contributed by atoms with Gasteiger partial charge in [-0.15, -0.1) is 0 Å². The Bertz CT molecular complexity index is 2100. The Hall–Kier alpha value is -5.90. The highest BCUT2D eigenvalue weighted by molar-refractivity contribution is 5.93. The normalized spacial score (nSPS) is 11.2. The standard InChI is InChI=1S/C34H28N4O6/c1-21-10-4-6-13-25(21)36-31(39)20-43-32-22(11-8-17-29(32)42-3)19-35-38-33(37-26-14-7-5-12-23(26)34(38)40)30-18-24-27(41-2)15-9-16-28(24)44-30/h4-19H,20H2,1-3H3,(H,36,39). The number of para-hydroxylation sites is 3. The van der Waals surface area contributed by atoms with Gasteiger partial charge in [-0.2, -0.15) is 9.78 Å². The lowest BCUT2D eigenvalue weighted by Gasteiger charge is -2.14. The first-order valence-electron chi connectivity index (χ1n) is 13.7. The third-order valence-corrected chi connectivity index (χ3v) is 7.02. The molecule has 6 rings (SSSR count). The average molecular weight is 589 g/mol. The van der Waals surface area contributed by atoms with Crippen LogP contribution < -0.4 is 25.1 Å². The molecule has 4 aromatic carbocycles. The van der Waals surface area contributed by atoms with E-state index in [-0.39, 0.29) is 24.1 Å². The molecule has 0 atom stereocenters. The number of hydrogen-bond acceptors (Lipinski definition) is 8. The van der Waals surface area contributed by atoms with Crippen molar-refractivity contribution in [1.29, 1.82) is 0 Å². The molecule has 6 aromatic rings. The molecule has 0 saturated heterocycles. The number of amides is 1. The topological polar surface area (TPSA) is 117 Å². The first-order valence-corrected chi connectivity index (χ1v) is 13.7. The maximum absolute atomic E-state index is 13.7. The van der Waals surface area contributed by atoms with Crippen LogP contribution in [0.5, 0.6) is 17.2 Å². The van der Waals surface area contributed by atoms with Crippen LogP contribution >= 0.6 is 0 Å². The highest BCUT2D eigenvalue weighted by Crippen LogP contribution is 2.33. The van der Waals surface area contributed by atoms with E-state index >= 15 is 0 Å². The van der Waals surface area contributed by atoms with Crippen molar-refractivity contribution in [1.82, 2.24) is 9.66 Å². The first kappa shape index (κ1) is 28.2. The van der Waals surface area contributed by atoms with E-state index in [2.05, 4.69) is 10.4 Å². The fraction of sp³-hybridized carbons (Fsp3) is 0.118. The Labute approximate surface area is 252 Å². The molecule has 0 radical (unpaired) electrons. The van der Waals surface area contributed by atoms with E-state index in [4.69, 9.17) is 23.6 Å². The van der Waals surface area contributed by atoms with E-state index < -0.39 is 5.56 Å². The number of methoxy groups -OCH3 is 2. The van der Waals surface area contributed by atoms with E-state index in [1.807, 2.05) is 55.5 Å². The van der Waals surface area contributed by atoms with Crippen LogP contribution in [0.25, 0.3) is 33.5 Å². The van der Waals surface area contributed by atoms with Gasteiger partial charge in [-0.05, 0) is 61.0 Å². The number of rotatable bonds is 9. The van der Waals surface area contributed by atoms with Gasteiger partial charge in [0.1, 0.15) is 11.3 Å². The Morgan fingerprint density at radius 3 is 2.50 bits per heavy atom. The van der Waals surface area contributed by atoms with Crippen LogP contribution in [0.1, 0.15) is 11.1 Å². The number of benzene rings is 4. The van der Waals surface area contributed by atoms with E-state index in [0.717, 1.165) is 10.9 Å². The van der Waals surface area contributed by atoms with Gasteiger partial charge in [-0.3, -0.25) is 9.59 Å². The molecule has 0 aliphatic carbocycles. The fourth-order valence-corrected chi connectivity index (χ4v) is 4.82. The number of furan rings is 1. The van der Waals surface area contributed by atoms with Crippen molar-refractivity contribution in [3.63, 3.8) is 0 Å². The quantitative estimate of drug-likeness (QED) is 0.205. The first-order chi connectivity index (χ1) is 21.5. The number of aryl methyl sites for hydroxylation is 1. The van der Waals surface area contributed by atoms with Crippen molar-refractivity contribution in [2.45, 2.75) is 6.92 Å². The molecule has 2 heterocycles. The minimum absolute atomic E-state index is 0.200. The van der Waals surface area contributed by atoms with E-state index in [1.165, 1.54) is 18.0 Å². The summed E-state index contributed by atoms with van der Waals surface area (Å²) in [6, 6.07) is 26.9. The molecule has 1 N–H and O–H groups in total. The van der Waals surface area contributed by atoms with Crippen molar-refractivity contribution in [2.24, 2.45) is 5.10 Å². The number of fused-ring (bicyclic) bond motifs is 2. The molecule has 1 amide bonds. The second-order valence-corrected chi connectivity index (χ2v) is 9.83. The molecule has 0 spiro atoms. The highest BCUT2D eigenvalue weighted by atomic mass is 16.5. The Morgan fingerprint density at radius 1 is 0.932 bits per heavy atom. The van der Waals surface area contributed by atoms with Crippen molar-refractivity contribution in [3.05, 3.63) is 112 Å². The number of aromatic nitrogens is 2. The minimum atomic E-state index is -0.391. The molecule has 0 unspecified atom stereocenters. The molecule has 0 saturated carbocycles. The number of nitrogens with zero attached hydrogens (tertiary/aromatic N) is 3. The van der Waals surface area contributed by atoms with Gasteiger partial charge in [0.05, 0.1) is 36.7 Å². The Balaban J connectivity index is 1.39. The van der Waals surface area contributed by atoms with Gasteiger partial charge < -0.3 is 23.9 Å². The van der Waals surface area contributed by atoms with Crippen molar-refractivity contribution in [3.8, 4) is 28.8 Å². The summed E-state index contributed by atoms with van der Waals surface area (Å²) in [7, 11) is 3.08. The largest absolute Gasteiger partial charge is 0.496 e. The third kappa shape index (κ3) is 5.48. The molecule has 0 fully saturated rings. The molecule has 2 aromatic heterocycles. The summed E-state index contributed by atoms with van der Waals surface area (Å²) in [4.78, 5) is 31.2. The maximum atomic E-state index is 13.7. The van der Waals surface area contributed by atoms with Gasteiger partial charge in [0.2, 0.25) is 5.82 Å². The van der Waals surface area contributed by atoms with Crippen LogP contribution in [0, 0.1) is 6.92 Å². The highest BCUT2D eigenvalue weighted by Gasteiger charge is 2.19. The van der Waals surface area contributed by atoms with Gasteiger partial charge in [0.25, 0.3) is 11.5 Å². The molecular weight excluding hydrogens is 560 g/mol. The summed E-state index contributed by atoms with van der Waals surface area (Å²) in [6.07, 6.45) is 1.46. The zero-order valence-corrected chi connectivity index (χ0v) is 24.2. The number of hydrogen-bond donors (Lipinski definition) is 1. The van der Waals surface area contributed by atoms with Gasteiger partial charge in [-0.25, -0.2) is 4.98 Å². The number of nitrogens with one attached hydrogen (secondary N) is 1. The zero-order chi connectivity index (χ0) is 30.6. The van der Waals surface area contributed by atoms with Crippen LogP contribution in [0.3, 0.4) is 0 Å². The van der Waals surface area contributed by atoms with Gasteiger partial charge >= 0.3 is 0 Å². The van der Waals surface area contributed by atoms with Crippen LogP contribution in [-0.4, -0.2) is 42.6 Å². The van der Waals surface area contributed by atoms with Crippen molar-refractivity contribution in [2.75, 3.05) is 26.1 Å². The van der Waals surface area contributed by atoms with Crippen LogP contribution in [0.15, 0.2) is 105 Å². The van der Waals surface area contributed by atoms with Crippen LogP contribution in [-0.2, 0) is 4.79 Å². The molecule has 10 nitrogen and oxygen atoms in total. The Morgan fingerprint density at radius 2 is 1.68 bits per heavy atom. The van der Waals surface area contributed by atoms with E-state index in [0.29, 0.717) is 45.0 Å². The second-order valence-electron chi connectivity index (χ2n) is 9.83. The summed E-state index contributed by atoms with van der Waals surface area (Å²) in [5.41, 5.74) is 2.78. The molecular formula is C34H28N4O6. The Kier molecular flexibility index (Phi) is 7.79. The van der Waals surface area contributed by atoms with Crippen molar-refractivity contribution >= 4 is 39.7 Å². The van der Waals surface area contributed by atoms with Crippen molar-refractivity contribution < 1.29 is 23.4 Å².